The third-order valence-electron chi connectivity index (χ3n) is 4.58. The summed E-state index contributed by atoms with van der Waals surface area (Å²) in [4.78, 5) is 16.5. The van der Waals surface area contributed by atoms with E-state index in [9.17, 15) is 4.79 Å². The van der Waals surface area contributed by atoms with Gasteiger partial charge in [0.1, 0.15) is 5.82 Å². The Morgan fingerprint density at radius 3 is 2.75 bits per heavy atom. The Morgan fingerprint density at radius 2 is 1.93 bits per heavy atom. The van der Waals surface area contributed by atoms with Gasteiger partial charge in [-0.3, -0.25) is 4.79 Å². The topological polar surface area (TPSA) is 72.5 Å². The van der Waals surface area contributed by atoms with Gasteiger partial charge in [-0.05, 0) is 47.9 Å². The van der Waals surface area contributed by atoms with E-state index in [1.165, 1.54) is 0 Å². The molecule has 0 aliphatic carbocycles. The average molecular weight is 375 g/mol. The Bertz CT molecular complexity index is 987. The largest absolute Gasteiger partial charge is 0.454 e. The van der Waals surface area contributed by atoms with Gasteiger partial charge in [0, 0.05) is 6.54 Å². The normalized spacial score (nSPS) is 11.9. The molecule has 1 aliphatic rings. The molecular weight excluding hydrogens is 354 g/mol. The van der Waals surface area contributed by atoms with Crippen LogP contribution < -0.4 is 20.1 Å². The first-order chi connectivity index (χ1) is 13.7. The van der Waals surface area contributed by atoms with Crippen LogP contribution >= 0.6 is 0 Å². The van der Waals surface area contributed by atoms with Crippen molar-refractivity contribution < 1.29 is 14.3 Å². The first kappa shape index (κ1) is 17.9. The molecule has 0 bridgehead atoms. The van der Waals surface area contributed by atoms with Crippen LogP contribution in [-0.2, 0) is 17.8 Å². The molecule has 0 spiro atoms. The molecule has 3 aromatic rings. The first-order valence-corrected chi connectivity index (χ1v) is 9.10. The van der Waals surface area contributed by atoms with Crippen molar-refractivity contribution in [3.05, 3.63) is 77.5 Å². The molecule has 1 aliphatic heterocycles. The second kappa shape index (κ2) is 8.00. The van der Waals surface area contributed by atoms with E-state index in [1.807, 2.05) is 55.5 Å². The Balaban J connectivity index is 1.31. The molecule has 4 rings (SSSR count). The number of benzene rings is 2. The standard InChI is InChI=1S/C22H21N3O3/c1-15-4-2-3-5-17(15)11-22(26)25-21-9-7-18(13-24-21)23-12-16-6-8-19-20(10-16)28-14-27-19/h2-10,13,23H,11-12,14H2,1H3,(H,24,25,26). The molecule has 2 N–H and O–H groups in total. The van der Waals surface area contributed by atoms with E-state index in [1.54, 1.807) is 12.3 Å². The van der Waals surface area contributed by atoms with Crippen molar-refractivity contribution >= 4 is 17.4 Å². The van der Waals surface area contributed by atoms with Gasteiger partial charge >= 0.3 is 0 Å². The van der Waals surface area contributed by atoms with Gasteiger partial charge in [-0.2, -0.15) is 0 Å². The number of hydrogen-bond donors (Lipinski definition) is 2. The summed E-state index contributed by atoms with van der Waals surface area (Å²) in [5, 5.41) is 6.15. The van der Waals surface area contributed by atoms with E-state index in [0.717, 1.165) is 33.9 Å². The van der Waals surface area contributed by atoms with E-state index in [-0.39, 0.29) is 12.7 Å². The van der Waals surface area contributed by atoms with Gasteiger partial charge in [-0.15, -0.1) is 0 Å². The highest BCUT2D eigenvalue weighted by Gasteiger charge is 2.13. The molecule has 0 unspecified atom stereocenters. The molecule has 142 valence electrons. The number of aryl methyl sites for hydroxylation is 1. The zero-order valence-electron chi connectivity index (χ0n) is 15.6. The van der Waals surface area contributed by atoms with E-state index >= 15 is 0 Å². The summed E-state index contributed by atoms with van der Waals surface area (Å²) in [6.07, 6.45) is 2.04. The quantitative estimate of drug-likeness (QED) is 0.683. The fourth-order valence-corrected chi connectivity index (χ4v) is 3.00. The van der Waals surface area contributed by atoms with Crippen LogP contribution in [0.1, 0.15) is 16.7 Å². The highest BCUT2D eigenvalue weighted by atomic mass is 16.7. The van der Waals surface area contributed by atoms with Gasteiger partial charge in [-0.1, -0.05) is 30.3 Å². The summed E-state index contributed by atoms with van der Waals surface area (Å²) in [5.41, 5.74) is 4.07. The monoisotopic (exact) mass is 375 g/mol. The number of anilines is 2. The minimum atomic E-state index is -0.0807. The van der Waals surface area contributed by atoms with Gasteiger partial charge in [0.25, 0.3) is 0 Å². The summed E-state index contributed by atoms with van der Waals surface area (Å²) >= 11 is 0. The number of hydrogen-bond acceptors (Lipinski definition) is 5. The zero-order valence-corrected chi connectivity index (χ0v) is 15.6. The van der Waals surface area contributed by atoms with Gasteiger partial charge in [-0.25, -0.2) is 4.98 Å². The molecule has 2 aromatic carbocycles. The smallest absolute Gasteiger partial charge is 0.231 e. The Morgan fingerprint density at radius 1 is 1.07 bits per heavy atom. The fraction of sp³-hybridized carbons (Fsp3) is 0.182. The van der Waals surface area contributed by atoms with E-state index < -0.39 is 0 Å². The van der Waals surface area contributed by atoms with Crippen LogP contribution in [-0.4, -0.2) is 17.7 Å². The number of ether oxygens (including phenoxy) is 2. The number of rotatable bonds is 6. The third-order valence-corrected chi connectivity index (χ3v) is 4.58. The van der Waals surface area contributed by atoms with Crippen molar-refractivity contribution in [1.82, 2.24) is 4.98 Å². The summed E-state index contributed by atoms with van der Waals surface area (Å²) < 4.78 is 10.7. The van der Waals surface area contributed by atoms with Crippen molar-refractivity contribution in [1.29, 1.82) is 0 Å². The summed E-state index contributed by atoms with van der Waals surface area (Å²) in [6.45, 7) is 2.91. The molecule has 28 heavy (non-hydrogen) atoms. The predicted octanol–water partition coefficient (Wildman–Crippen LogP) is 3.91. The number of carbonyl (C=O) groups excluding carboxylic acids is 1. The van der Waals surface area contributed by atoms with Crippen molar-refractivity contribution in [3.8, 4) is 11.5 Å². The number of pyridine rings is 1. The van der Waals surface area contributed by atoms with E-state index in [0.29, 0.717) is 18.8 Å². The molecule has 1 aromatic heterocycles. The zero-order chi connectivity index (χ0) is 19.3. The molecule has 0 fully saturated rings. The van der Waals surface area contributed by atoms with Gasteiger partial charge in [0.05, 0.1) is 18.3 Å². The maximum Gasteiger partial charge on any atom is 0.231 e. The lowest BCUT2D eigenvalue weighted by atomic mass is 10.1. The second-order valence-electron chi connectivity index (χ2n) is 6.62. The van der Waals surface area contributed by atoms with Crippen molar-refractivity contribution in [2.75, 3.05) is 17.4 Å². The second-order valence-corrected chi connectivity index (χ2v) is 6.62. The fourth-order valence-electron chi connectivity index (χ4n) is 3.00. The molecular formula is C22H21N3O3. The minimum Gasteiger partial charge on any atom is -0.454 e. The average Bonchev–Trinajstić information content (AvgIpc) is 3.17. The maximum absolute atomic E-state index is 12.2. The van der Waals surface area contributed by atoms with Crippen molar-refractivity contribution in [2.24, 2.45) is 0 Å². The van der Waals surface area contributed by atoms with Gasteiger partial charge < -0.3 is 20.1 Å². The van der Waals surface area contributed by atoms with E-state index in [2.05, 4.69) is 15.6 Å². The van der Waals surface area contributed by atoms with Crippen molar-refractivity contribution in [3.63, 3.8) is 0 Å². The number of nitrogens with zero attached hydrogens (tertiary/aromatic N) is 1. The summed E-state index contributed by atoms with van der Waals surface area (Å²) in [7, 11) is 0. The van der Waals surface area contributed by atoms with Crippen LogP contribution in [0, 0.1) is 6.92 Å². The molecule has 6 heteroatoms. The summed E-state index contributed by atoms with van der Waals surface area (Å²) in [6, 6.07) is 17.4. The van der Waals surface area contributed by atoms with Crippen LogP contribution in [0.3, 0.4) is 0 Å². The minimum absolute atomic E-state index is 0.0807. The molecule has 6 nitrogen and oxygen atoms in total. The highest BCUT2D eigenvalue weighted by Crippen LogP contribution is 2.32. The van der Waals surface area contributed by atoms with Gasteiger partial charge in [0.2, 0.25) is 12.7 Å². The maximum atomic E-state index is 12.2. The number of carbonyl (C=O) groups is 1. The van der Waals surface area contributed by atoms with Crippen LogP contribution in [0.15, 0.2) is 60.8 Å². The van der Waals surface area contributed by atoms with Gasteiger partial charge in [0.15, 0.2) is 11.5 Å². The molecule has 1 amide bonds. The molecule has 2 heterocycles. The van der Waals surface area contributed by atoms with Crippen molar-refractivity contribution in [2.45, 2.75) is 19.9 Å². The lowest BCUT2D eigenvalue weighted by Gasteiger charge is -2.09. The van der Waals surface area contributed by atoms with Crippen LogP contribution in [0.2, 0.25) is 0 Å². The molecule has 0 saturated heterocycles. The Labute approximate surface area is 163 Å². The first-order valence-electron chi connectivity index (χ1n) is 9.10. The number of aromatic nitrogens is 1. The SMILES string of the molecule is Cc1ccccc1CC(=O)Nc1ccc(NCc2ccc3c(c2)OCO3)cn1. The summed E-state index contributed by atoms with van der Waals surface area (Å²) in [5.74, 6) is 2.00. The third kappa shape index (κ3) is 4.23. The molecule has 0 radical (unpaired) electrons. The number of fused-ring (bicyclic) bond motifs is 1. The highest BCUT2D eigenvalue weighted by molar-refractivity contribution is 5.91. The number of amides is 1. The molecule has 0 atom stereocenters. The molecule has 0 saturated carbocycles. The lowest BCUT2D eigenvalue weighted by molar-refractivity contribution is -0.115. The Hall–Kier alpha value is -3.54. The van der Waals surface area contributed by atoms with Crippen LogP contribution in [0.4, 0.5) is 11.5 Å². The Kier molecular flexibility index (Phi) is 5.10. The predicted molar refractivity (Wildman–Crippen MR) is 108 cm³/mol. The van der Waals surface area contributed by atoms with Crippen LogP contribution in [0.5, 0.6) is 11.5 Å². The van der Waals surface area contributed by atoms with E-state index in [4.69, 9.17) is 9.47 Å². The van der Waals surface area contributed by atoms with Crippen LogP contribution in [0.25, 0.3) is 0 Å². The lowest BCUT2D eigenvalue weighted by Crippen LogP contribution is -2.15. The number of nitrogens with one attached hydrogen (secondary N) is 2.